The second-order valence-corrected chi connectivity index (χ2v) is 5.32. The molecule has 1 heterocycles. The number of nitrogen functional groups attached to an aromatic ring is 1. The molecule has 1 aromatic rings. The summed E-state index contributed by atoms with van der Waals surface area (Å²) < 4.78 is 21.4. The van der Waals surface area contributed by atoms with Crippen molar-refractivity contribution < 1.29 is 8.42 Å². The molecule has 0 bridgehead atoms. The number of aromatic nitrogens is 2. The fourth-order valence-electron chi connectivity index (χ4n) is 1.41. The van der Waals surface area contributed by atoms with Crippen LogP contribution in [0.4, 0.5) is 11.6 Å². The SMILES string of the molecule is CCc1c(N)ncnc1NCCCS(N)(=O)=O. The third kappa shape index (κ3) is 4.53. The van der Waals surface area contributed by atoms with Gasteiger partial charge in [-0.25, -0.2) is 23.5 Å². The van der Waals surface area contributed by atoms with Crippen molar-refractivity contribution in [1.29, 1.82) is 0 Å². The van der Waals surface area contributed by atoms with Crippen LogP contribution in [-0.2, 0) is 16.4 Å². The van der Waals surface area contributed by atoms with Crippen LogP contribution in [0.5, 0.6) is 0 Å². The number of anilines is 2. The molecule has 0 aliphatic rings. The first kappa shape index (κ1) is 13.7. The lowest BCUT2D eigenvalue weighted by Gasteiger charge is -2.10. The second-order valence-electron chi connectivity index (χ2n) is 3.59. The predicted molar refractivity (Wildman–Crippen MR) is 66.9 cm³/mol. The van der Waals surface area contributed by atoms with Gasteiger partial charge in [0, 0.05) is 12.1 Å². The molecule has 0 fully saturated rings. The number of rotatable bonds is 6. The lowest BCUT2D eigenvalue weighted by atomic mass is 10.2. The van der Waals surface area contributed by atoms with Gasteiger partial charge in [-0.1, -0.05) is 6.92 Å². The third-order valence-electron chi connectivity index (χ3n) is 2.23. The number of sulfonamides is 1. The van der Waals surface area contributed by atoms with Gasteiger partial charge in [0.2, 0.25) is 10.0 Å². The molecule has 0 radical (unpaired) electrons. The highest BCUT2D eigenvalue weighted by Crippen LogP contribution is 2.17. The standard InChI is InChI=1S/C9H17N5O2S/c1-2-7-8(10)13-6-14-9(7)12-4-3-5-17(11,15)16/h6H,2-5H2,1H3,(H2,11,15,16)(H3,10,12,13,14). The zero-order valence-corrected chi connectivity index (χ0v) is 10.5. The molecule has 0 aliphatic heterocycles. The summed E-state index contributed by atoms with van der Waals surface area (Å²) in [6.07, 6.45) is 2.51. The van der Waals surface area contributed by atoms with Crippen LogP contribution in [0.3, 0.4) is 0 Å². The quantitative estimate of drug-likeness (QED) is 0.603. The second kappa shape index (κ2) is 5.78. The third-order valence-corrected chi connectivity index (χ3v) is 3.09. The summed E-state index contributed by atoms with van der Waals surface area (Å²) in [5.41, 5.74) is 6.53. The van der Waals surface area contributed by atoms with Crippen LogP contribution in [0.2, 0.25) is 0 Å². The van der Waals surface area contributed by atoms with Crippen molar-refractivity contribution in [3.05, 3.63) is 11.9 Å². The highest BCUT2D eigenvalue weighted by Gasteiger charge is 2.07. The molecule has 0 aliphatic carbocycles. The van der Waals surface area contributed by atoms with Crippen LogP contribution in [0.15, 0.2) is 6.33 Å². The fourth-order valence-corrected chi connectivity index (χ4v) is 1.95. The molecular weight excluding hydrogens is 242 g/mol. The number of nitrogens with two attached hydrogens (primary N) is 2. The number of hydrogen-bond acceptors (Lipinski definition) is 6. The molecule has 5 N–H and O–H groups in total. The summed E-state index contributed by atoms with van der Waals surface area (Å²) in [6, 6.07) is 0. The molecule has 0 atom stereocenters. The van der Waals surface area contributed by atoms with E-state index < -0.39 is 10.0 Å². The van der Waals surface area contributed by atoms with Crippen LogP contribution in [0.1, 0.15) is 18.9 Å². The first-order valence-electron chi connectivity index (χ1n) is 5.27. The van der Waals surface area contributed by atoms with E-state index in [-0.39, 0.29) is 5.75 Å². The number of nitrogens with one attached hydrogen (secondary N) is 1. The summed E-state index contributed by atoms with van der Waals surface area (Å²) in [6.45, 7) is 2.42. The van der Waals surface area contributed by atoms with Crippen molar-refractivity contribution in [3.8, 4) is 0 Å². The van der Waals surface area contributed by atoms with Crippen LogP contribution >= 0.6 is 0 Å². The van der Waals surface area contributed by atoms with Gasteiger partial charge in [-0.2, -0.15) is 0 Å². The molecule has 0 aromatic carbocycles. The molecule has 8 heteroatoms. The topological polar surface area (TPSA) is 124 Å². The van der Waals surface area contributed by atoms with Crippen LogP contribution < -0.4 is 16.2 Å². The zero-order valence-electron chi connectivity index (χ0n) is 9.68. The van der Waals surface area contributed by atoms with Gasteiger partial charge in [-0.3, -0.25) is 0 Å². The minimum atomic E-state index is -3.40. The highest BCUT2D eigenvalue weighted by atomic mass is 32.2. The Bertz CT molecular complexity index is 474. The number of primary sulfonamides is 1. The van der Waals surface area contributed by atoms with Crippen molar-refractivity contribution in [2.75, 3.05) is 23.3 Å². The molecule has 1 rings (SSSR count). The van der Waals surface area contributed by atoms with Crippen LogP contribution in [-0.4, -0.2) is 30.7 Å². The zero-order chi connectivity index (χ0) is 12.9. The molecule has 0 amide bonds. The summed E-state index contributed by atoms with van der Waals surface area (Å²) in [5, 5.41) is 7.92. The van der Waals surface area contributed by atoms with E-state index in [1.807, 2.05) is 6.92 Å². The number of nitrogens with zero attached hydrogens (tertiary/aromatic N) is 2. The first-order chi connectivity index (χ1) is 7.94. The van der Waals surface area contributed by atoms with Gasteiger partial charge in [0.1, 0.15) is 18.0 Å². The molecule has 0 spiro atoms. The van der Waals surface area contributed by atoms with Gasteiger partial charge in [-0.15, -0.1) is 0 Å². The molecular formula is C9H17N5O2S. The Morgan fingerprint density at radius 2 is 2.12 bits per heavy atom. The van der Waals surface area contributed by atoms with Crippen LogP contribution in [0, 0.1) is 0 Å². The van der Waals surface area contributed by atoms with Gasteiger partial charge in [-0.05, 0) is 12.8 Å². The predicted octanol–water partition coefficient (Wildman–Crippen LogP) is -0.288. The average Bonchev–Trinajstić information content (AvgIpc) is 2.23. The Kier molecular flexibility index (Phi) is 4.64. The normalized spacial score (nSPS) is 11.4. The maximum Gasteiger partial charge on any atom is 0.209 e. The van der Waals surface area contributed by atoms with Crippen molar-refractivity contribution in [2.24, 2.45) is 5.14 Å². The van der Waals surface area contributed by atoms with Crippen LogP contribution in [0.25, 0.3) is 0 Å². The molecule has 0 saturated carbocycles. The summed E-state index contributed by atoms with van der Waals surface area (Å²) >= 11 is 0. The minimum absolute atomic E-state index is 0.0535. The monoisotopic (exact) mass is 259 g/mol. The van der Waals surface area contributed by atoms with E-state index in [4.69, 9.17) is 10.9 Å². The van der Waals surface area contributed by atoms with Crippen molar-refractivity contribution in [2.45, 2.75) is 19.8 Å². The first-order valence-corrected chi connectivity index (χ1v) is 6.99. The Balaban J connectivity index is 2.55. The summed E-state index contributed by atoms with van der Waals surface area (Å²) in [5.74, 6) is 1.04. The van der Waals surface area contributed by atoms with E-state index >= 15 is 0 Å². The molecule has 17 heavy (non-hydrogen) atoms. The van der Waals surface area contributed by atoms with Gasteiger partial charge >= 0.3 is 0 Å². The Labute approximate surface area is 101 Å². The maximum absolute atomic E-state index is 10.7. The van der Waals surface area contributed by atoms with Crippen molar-refractivity contribution >= 4 is 21.7 Å². The minimum Gasteiger partial charge on any atom is -0.383 e. The summed E-state index contributed by atoms with van der Waals surface area (Å²) in [4.78, 5) is 7.95. The van der Waals surface area contributed by atoms with Gasteiger partial charge in [0.05, 0.1) is 5.75 Å². The van der Waals surface area contributed by atoms with E-state index in [9.17, 15) is 8.42 Å². The molecule has 0 unspecified atom stereocenters. The van der Waals surface area contributed by atoms with Crippen molar-refractivity contribution in [3.63, 3.8) is 0 Å². The maximum atomic E-state index is 10.7. The smallest absolute Gasteiger partial charge is 0.209 e. The molecule has 7 nitrogen and oxygen atoms in total. The molecule has 0 saturated heterocycles. The van der Waals surface area contributed by atoms with E-state index in [1.54, 1.807) is 0 Å². The Morgan fingerprint density at radius 1 is 1.41 bits per heavy atom. The fraction of sp³-hybridized carbons (Fsp3) is 0.556. The van der Waals surface area contributed by atoms with Gasteiger partial charge in [0.15, 0.2) is 0 Å². The largest absolute Gasteiger partial charge is 0.383 e. The van der Waals surface area contributed by atoms with E-state index in [0.717, 1.165) is 5.56 Å². The lowest BCUT2D eigenvalue weighted by molar-refractivity contribution is 0.595. The molecule has 1 aromatic heterocycles. The highest BCUT2D eigenvalue weighted by molar-refractivity contribution is 7.89. The van der Waals surface area contributed by atoms with Gasteiger partial charge in [0.25, 0.3) is 0 Å². The Hall–Kier alpha value is -1.41. The number of hydrogen-bond donors (Lipinski definition) is 3. The van der Waals surface area contributed by atoms with E-state index in [0.29, 0.717) is 31.0 Å². The van der Waals surface area contributed by atoms with E-state index in [1.165, 1.54) is 6.33 Å². The average molecular weight is 259 g/mol. The molecule has 96 valence electrons. The Morgan fingerprint density at radius 3 is 2.71 bits per heavy atom. The lowest BCUT2D eigenvalue weighted by Crippen LogP contribution is -2.19. The van der Waals surface area contributed by atoms with E-state index in [2.05, 4.69) is 15.3 Å². The van der Waals surface area contributed by atoms with Crippen molar-refractivity contribution in [1.82, 2.24) is 9.97 Å². The van der Waals surface area contributed by atoms with Gasteiger partial charge < -0.3 is 11.1 Å². The summed E-state index contributed by atoms with van der Waals surface area (Å²) in [7, 11) is -3.40.